The maximum absolute atomic E-state index is 13.1. The van der Waals surface area contributed by atoms with Crippen molar-refractivity contribution in [2.45, 2.75) is 13.0 Å². The standard InChI is InChI=1S/C24H20N2O4/c1-15-10-11-19(30-2)18(13-15)22(27)20-21(16-7-6-12-25-14-16)26(24(29)23(20)28)17-8-4-3-5-9-17/h3-14,21,27H,1-2H3/b22-20+. The lowest BCUT2D eigenvalue weighted by Crippen LogP contribution is -2.29. The Kier molecular flexibility index (Phi) is 5.06. The van der Waals surface area contributed by atoms with E-state index in [4.69, 9.17) is 4.74 Å². The number of carbonyl (C=O) groups excluding carboxylic acids is 2. The van der Waals surface area contributed by atoms with Gasteiger partial charge in [-0.05, 0) is 42.8 Å². The van der Waals surface area contributed by atoms with Gasteiger partial charge in [0, 0.05) is 18.1 Å². The first-order valence-electron chi connectivity index (χ1n) is 9.44. The Balaban J connectivity index is 1.98. The van der Waals surface area contributed by atoms with Crippen LogP contribution >= 0.6 is 0 Å². The van der Waals surface area contributed by atoms with Crippen molar-refractivity contribution in [2.24, 2.45) is 0 Å². The number of para-hydroxylation sites is 1. The number of aryl methyl sites for hydroxylation is 1. The third-order valence-electron chi connectivity index (χ3n) is 5.09. The fourth-order valence-corrected chi connectivity index (χ4v) is 3.69. The highest BCUT2D eigenvalue weighted by atomic mass is 16.5. The lowest BCUT2D eigenvalue weighted by molar-refractivity contribution is -0.132. The summed E-state index contributed by atoms with van der Waals surface area (Å²) in [5.41, 5.74) is 2.42. The summed E-state index contributed by atoms with van der Waals surface area (Å²) in [5.74, 6) is -1.33. The molecule has 30 heavy (non-hydrogen) atoms. The number of aliphatic hydroxyl groups is 1. The number of hydrogen-bond donors (Lipinski definition) is 1. The normalized spacial score (nSPS) is 17.9. The van der Waals surface area contributed by atoms with Gasteiger partial charge < -0.3 is 9.84 Å². The Bertz CT molecular complexity index is 1140. The summed E-state index contributed by atoms with van der Waals surface area (Å²) in [5, 5.41) is 11.2. The average molecular weight is 400 g/mol. The second-order valence-corrected chi connectivity index (χ2v) is 6.99. The zero-order chi connectivity index (χ0) is 21.3. The van der Waals surface area contributed by atoms with Crippen molar-refractivity contribution in [1.29, 1.82) is 0 Å². The van der Waals surface area contributed by atoms with E-state index < -0.39 is 17.7 Å². The Morgan fingerprint density at radius 1 is 1.07 bits per heavy atom. The number of ether oxygens (including phenoxy) is 1. The van der Waals surface area contributed by atoms with Crippen molar-refractivity contribution in [2.75, 3.05) is 12.0 Å². The van der Waals surface area contributed by atoms with Crippen LogP contribution in [0.5, 0.6) is 5.75 Å². The van der Waals surface area contributed by atoms with Crippen LogP contribution in [0.4, 0.5) is 5.69 Å². The van der Waals surface area contributed by atoms with Crippen LogP contribution in [-0.4, -0.2) is 28.9 Å². The minimum absolute atomic E-state index is 0.000697. The number of ketones is 1. The molecule has 0 radical (unpaired) electrons. The Morgan fingerprint density at radius 2 is 1.83 bits per heavy atom. The molecule has 0 spiro atoms. The van der Waals surface area contributed by atoms with Crippen LogP contribution in [0.25, 0.3) is 5.76 Å². The van der Waals surface area contributed by atoms with Gasteiger partial charge in [-0.3, -0.25) is 19.5 Å². The average Bonchev–Trinajstić information content (AvgIpc) is 3.05. The fraction of sp³-hybridized carbons (Fsp3) is 0.125. The van der Waals surface area contributed by atoms with Crippen LogP contribution in [0, 0.1) is 6.92 Å². The minimum Gasteiger partial charge on any atom is -0.507 e. The number of Topliss-reactive ketones (excluding diaryl/α,β-unsaturated/α-hetero) is 1. The zero-order valence-electron chi connectivity index (χ0n) is 16.6. The lowest BCUT2D eigenvalue weighted by atomic mass is 9.95. The van der Waals surface area contributed by atoms with E-state index in [-0.39, 0.29) is 11.3 Å². The molecule has 6 nitrogen and oxygen atoms in total. The summed E-state index contributed by atoms with van der Waals surface area (Å²) in [6.07, 6.45) is 3.20. The van der Waals surface area contributed by atoms with Crippen LogP contribution in [0.3, 0.4) is 0 Å². The highest BCUT2D eigenvalue weighted by Gasteiger charge is 2.47. The van der Waals surface area contributed by atoms with E-state index in [9.17, 15) is 14.7 Å². The Labute approximate surface area is 174 Å². The summed E-state index contributed by atoms with van der Waals surface area (Å²) < 4.78 is 5.38. The van der Waals surface area contributed by atoms with E-state index in [1.165, 1.54) is 12.0 Å². The first kappa shape index (κ1) is 19.4. The molecule has 2 aromatic carbocycles. The number of pyridine rings is 1. The van der Waals surface area contributed by atoms with Crippen molar-refractivity contribution in [1.82, 2.24) is 4.98 Å². The molecule has 1 saturated heterocycles. The van der Waals surface area contributed by atoms with Gasteiger partial charge in [0.05, 0.1) is 24.3 Å². The number of benzene rings is 2. The Morgan fingerprint density at radius 3 is 2.50 bits per heavy atom. The highest BCUT2D eigenvalue weighted by Crippen LogP contribution is 2.43. The number of carbonyl (C=O) groups is 2. The number of methoxy groups -OCH3 is 1. The number of aliphatic hydroxyl groups excluding tert-OH is 1. The summed E-state index contributed by atoms with van der Waals surface area (Å²) in [4.78, 5) is 31.7. The number of nitrogens with zero attached hydrogens (tertiary/aromatic N) is 2. The number of anilines is 1. The third kappa shape index (κ3) is 3.22. The van der Waals surface area contributed by atoms with Crippen molar-refractivity contribution < 1.29 is 19.4 Å². The predicted molar refractivity (Wildman–Crippen MR) is 113 cm³/mol. The molecule has 1 aliphatic heterocycles. The van der Waals surface area contributed by atoms with E-state index in [2.05, 4.69) is 4.98 Å². The van der Waals surface area contributed by atoms with Crippen molar-refractivity contribution in [3.8, 4) is 5.75 Å². The van der Waals surface area contributed by atoms with Gasteiger partial charge in [0.2, 0.25) is 0 Å². The van der Waals surface area contributed by atoms with Gasteiger partial charge in [-0.15, -0.1) is 0 Å². The SMILES string of the molecule is COc1ccc(C)cc1/C(O)=C1\C(=O)C(=O)N(c2ccccc2)C1c1cccnc1. The molecule has 4 rings (SSSR count). The topological polar surface area (TPSA) is 79.7 Å². The van der Waals surface area contributed by atoms with E-state index in [1.54, 1.807) is 60.9 Å². The molecular formula is C24H20N2O4. The zero-order valence-corrected chi connectivity index (χ0v) is 16.6. The summed E-state index contributed by atoms with van der Waals surface area (Å²) in [6, 6.07) is 16.9. The van der Waals surface area contributed by atoms with Gasteiger partial charge in [-0.25, -0.2) is 0 Å². The van der Waals surface area contributed by atoms with Gasteiger partial charge in [0.25, 0.3) is 11.7 Å². The number of amides is 1. The molecule has 1 aromatic heterocycles. The first-order chi connectivity index (χ1) is 14.5. The molecule has 0 saturated carbocycles. The molecule has 1 amide bonds. The molecule has 0 bridgehead atoms. The number of hydrogen-bond acceptors (Lipinski definition) is 5. The second-order valence-electron chi connectivity index (χ2n) is 6.99. The molecule has 1 fully saturated rings. The van der Waals surface area contributed by atoms with Crippen molar-refractivity contribution in [3.05, 3.63) is 95.3 Å². The number of aromatic nitrogens is 1. The molecule has 1 unspecified atom stereocenters. The van der Waals surface area contributed by atoms with Gasteiger partial charge in [-0.2, -0.15) is 0 Å². The van der Waals surface area contributed by atoms with Crippen LogP contribution < -0.4 is 9.64 Å². The van der Waals surface area contributed by atoms with E-state index in [1.807, 2.05) is 19.1 Å². The quantitative estimate of drug-likeness (QED) is 0.406. The molecule has 150 valence electrons. The molecule has 1 atom stereocenters. The van der Waals surface area contributed by atoms with Crippen LogP contribution in [-0.2, 0) is 9.59 Å². The van der Waals surface area contributed by atoms with Crippen LogP contribution in [0.2, 0.25) is 0 Å². The van der Waals surface area contributed by atoms with Crippen molar-refractivity contribution in [3.63, 3.8) is 0 Å². The van der Waals surface area contributed by atoms with E-state index in [0.29, 0.717) is 22.6 Å². The predicted octanol–water partition coefficient (Wildman–Crippen LogP) is 4.02. The van der Waals surface area contributed by atoms with Crippen LogP contribution in [0.1, 0.15) is 22.7 Å². The van der Waals surface area contributed by atoms with Crippen LogP contribution in [0.15, 0.2) is 78.6 Å². The monoisotopic (exact) mass is 400 g/mol. The molecule has 6 heteroatoms. The maximum Gasteiger partial charge on any atom is 0.300 e. The second kappa shape index (κ2) is 7.83. The molecular weight excluding hydrogens is 380 g/mol. The van der Waals surface area contributed by atoms with Gasteiger partial charge >= 0.3 is 0 Å². The first-order valence-corrected chi connectivity index (χ1v) is 9.44. The third-order valence-corrected chi connectivity index (χ3v) is 5.09. The molecule has 1 aliphatic rings. The van der Waals surface area contributed by atoms with Crippen molar-refractivity contribution >= 4 is 23.1 Å². The fourth-order valence-electron chi connectivity index (χ4n) is 3.69. The molecule has 2 heterocycles. The summed E-state index contributed by atoms with van der Waals surface area (Å²) in [6.45, 7) is 1.87. The number of rotatable bonds is 4. The van der Waals surface area contributed by atoms with E-state index >= 15 is 0 Å². The van der Waals surface area contributed by atoms with Gasteiger partial charge in [-0.1, -0.05) is 35.9 Å². The Hall–Kier alpha value is -3.93. The lowest BCUT2D eigenvalue weighted by Gasteiger charge is -2.25. The molecule has 1 N–H and O–H groups in total. The molecule has 3 aromatic rings. The maximum atomic E-state index is 13.1. The largest absolute Gasteiger partial charge is 0.507 e. The van der Waals surface area contributed by atoms with E-state index in [0.717, 1.165) is 5.56 Å². The highest BCUT2D eigenvalue weighted by molar-refractivity contribution is 6.51. The summed E-state index contributed by atoms with van der Waals surface area (Å²) >= 11 is 0. The minimum atomic E-state index is -0.814. The van der Waals surface area contributed by atoms with Gasteiger partial charge in [0.1, 0.15) is 11.5 Å². The molecule has 0 aliphatic carbocycles. The summed E-state index contributed by atoms with van der Waals surface area (Å²) in [7, 11) is 1.49. The smallest absolute Gasteiger partial charge is 0.300 e. The van der Waals surface area contributed by atoms with Gasteiger partial charge in [0.15, 0.2) is 0 Å².